The fraction of sp³-hybridized carbons (Fsp3) is 0.667. The van der Waals surface area contributed by atoms with Gasteiger partial charge in [0.2, 0.25) is 0 Å². The zero-order valence-electron chi connectivity index (χ0n) is 12.5. The maximum absolute atomic E-state index is 6.35. The predicted molar refractivity (Wildman–Crippen MR) is 83.9 cm³/mol. The van der Waals surface area contributed by atoms with Crippen LogP contribution in [0.3, 0.4) is 0 Å². The van der Waals surface area contributed by atoms with Gasteiger partial charge >= 0.3 is 0 Å². The molecule has 2 fully saturated rings. The summed E-state index contributed by atoms with van der Waals surface area (Å²) in [6, 6.07) is 9.02. The highest BCUT2D eigenvalue weighted by Gasteiger charge is 2.54. The Labute approximate surface area is 122 Å². The number of fused-ring (bicyclic) bond motifs is 3. The molecule has 0 spiro atoms. The SMILES string of the molecule is CC1Cc2ccccc2N(C2(CN)CC3CCC2C3)C1. The number of nitrogens with zero attached hydrogens (tertiary/aromatic N) is 1. The largest absolute Gasteiger partial charge is 0.364 e. The first-order chi connectivity index (χ1) is 9.73. The van der Waals surface area contributed by atoms with Gasteiger partial charge in [0.1, 0.15) is 0 Å². The Hall–Kier alpha value is -1.02. The summed E-state index contributed by atoms with van der Waals surface area (Å²) in [5, 5.41) is 0. The van der Waals surface area contributed by atoms with Crippen molar-refractivity contribution in [2.24, 2.45) is 23.5 Å². The quantitative estimate of drug-likeness (QED) is 0.894. The lowest BCUT2D eigenvalue weighted by molar-refractivity contribution is 0.244. The Balaban J connectivity index is 1.78. The molecule has 2 bridgehead atoms. The molecule has 108 valence electrons. The second-order valence-corrected chi connectivity index (χ2v) is 7.44. The van der Waals surface area contributed by atoms with Crippen LogP contribution in [0.5, 0.6) is 0 Å². The first kappa shape index (κ1) is 12.7. The van der Waals surface area contributed by atoms with Gasteiger partial charge in [-0.15, -0.1) is 0 Å². The third kappa shape index (κ3) is 1.67. The van der Waals surface area contributed by atoms with Crippen LogP contribution in [-0.2, 0) is 6.42 Å². The summed E-state index contributed by atoms with van der Waals surface area (Å²) in [6.07, 6.45) is 6.81. The summed E-state index contributed by atoms with van der Waals surface area (Å²) < 4.78 is 0. The molecule has 2 aliphatic carbocycles. The molecule has 4 unspecified atom stereocenters. The maximum Gasteiger partial charge on any atom is 0.0555 e. The molecule has 2 nitrogen and oxygen atoms in total. The van der Waals surface area contributed by atoms with Gasteiger partial charge in [0.15, 0.2) is 0 Å². The highest BCUT2D eigenvalue weighted by atomic mass is 15.2. The second-order valence-electron chi connectivity index (χ2n) is 7.44. The van der Waals surface area contributed by atoms with Crippen LogP contribution in [0.1, 0.15) is 38.2 Å². The molecule has 2 N–H and O–H groups in total. The Kier molecular flexibility index (Phi) is 2.85. The molecule has 1 aromatic rings. The number of rotatable bonds is 2. The molecule has 0 amide bonds. The van der Waals surface area contributed by atoms with Gasteiger partial charge in [-0.05, 0) is 61.5 Å². The van der Waals surface area contributed by atoms with E-state index < -0.39 is 0 Å². The van der Waals surface area contributed by atoms with E-state index in [4.69, 9.17) is 5.73 Å². The average Bonchev–Trinajstić information content (AvgIpc) is 3.07. The van der Waals surface area contributed by atoms with Gasteiger partial charge in [-0.25, -0.2) is 0 Å². The number of nitrogens with two attached hydrogens (primary N) is 1. The van der Waals surface area contributed by atoms with Crippen LogP contribution >= 0.6 is 0 Å². The van der Waals surface area contributed by atoms with Gasteiger partial charge in [0, 0.05) is 18.8 Å². The molecule has 2 heteroatoms. The van der Waals surface area contributed by atoms with Gasteiger partial charge in [-0.3, -0.25) is 0 Å². The minimum absolute atomic E-state index is 0.258. The highest BCUT2D eigenvalue weighted by Crippen LogP contribution is 2.55. The molecule has 4 atom stereocenters. The standard InChI is InChI=1S/C18H26N2/c1-13-8-15-4-2-3-5-17(15)20(11-13)18(12-19)10-14-6-7-16(18)9-14/h2-5,13-14,16H,6-12,19H2,1H3. The van der Waals surface area contributed by atoms with Gasteiger partial charge < -0.3 is 10.6 Å². The molecule has 0 saturated heterocycles. The van der Waals surface area contributed by atoms with Crippen molar-refractivity contribution in [3.63, 3.8) is 0 Å². The zero-order chi connectivity index (χ0) is 13.7. The van der Waals surface area contributed by atoms with Crippen LogP contribution in [0.4, 0.5) is 5.69 Å². The van der Waals surface area contributed by atoms with Crippen molar-refractivity contribution in [1.82, 2.24) is 0 Å². The Morgan fingerprint density at radius 3 is 2.85 bits per heavy atom. The van der Waals surface area contributed by atoms with Crippen molar-refractivity contribution in [1.29, 1.82) is 0 Å². The van der Waals surface area contributed by atoms with E-state index in [9.17, 15) is 0 Å². The molecule has 1 aliphatic heterocycles. The van der Waals surface area contributed by atoms with E-state index in [1.165, 1.54) is 49.9 Å². The van der Waals surface area contributed by atoms with Crippen molar-refractivity contribution in [2.75, 3.05) is 18.0 Å². The molecule has 1 aromatic carbocycles. The smallest absolute Gasteiger partial charge is 0.0555 e. The molecule has 20 heavy (non-hydrogen) atoms. The Morgan fingerprint density at radius 1 is 1.30 bits per heavy atom. The van der Waals surface area contributed by atoms with E-state index in [-0.39, 0.29) is 5.54 Å². The van der Waals surface area contributed by atoms with Crippen LogP contribution in [0.15, 0.2) is 24.3 Å². The fourth-order valence-electron chi connectivity index (χ4n) is 5.32. The van der Waals surface area contributed by atoms with E-state index >= 15 is 0 Å². The van der Waals surface area contributed by atoms with Crippen LogP contribution in [0.25, 0.3) is 0 Å². The molecule has 0 radical (unpaired) electrons. The lowest BCUT2D eigenvalue weighted by Crippen LogP contribution is -2.60. The zero-order valence-corrected chi connectivity index (χ0v) is 12.5. The molecule has 1 heterocycles. The van der Waals surface area contributed by atoms with Crippen LogP contribution in [0.2, 0.25) is 0 Å². The predicted octanol–water partition coefficient (Wildman–Crippen LogP) is 3.20. The lowest BCUT2D eigenvalue weighted by Gasteiger charge is -2.51. The van der Waals surface area contributed by atoms with E-state index in [1.807, 2.05) is 0 Å². The summed E-state index contributed by atoms with van der Waals surface area (Å²) in [4.78, 5) is 2.72. The molecular formula is C18H26N2. The second kappa shape index (κ2) is 4.49. The monoisotopic (exact) mass is 270 g/mol. The summed E-state index contributed by atoms with van der Waals surface area (Å²) in [5.41, 5.74) is 9.61. The normalized spacial score (nSPS) is 39.1. The number of hydrogen-bond donors (Lipinski definition) is 1. The summed E-state index contributed by atoms with van der Waals surface area (Å²) in [6.45, 7) is 4.41. The Morgan fingerprint density at radius 2 is 2.15 bits per heavy atom. The number of benzene rings is 1. The van der Waals surface area contributed by atoms with Crippen molar-refractivity contribution in [3.05, 3.63) is 29.8 Å². The summed E-state index contributed by atoms with van der Waals surface area (Å²) in [7, 11) is 0. The lowest BCUT2D eigenvalue weighted by atomic mass is 9.77. The van der Waals surface area contributed by atoms with Gasteiger partial charge in [0.25, 0.3) is 0 Å². The van der Waals surface area contributed by atoms with E-state index in [2.05, 4.69) is 36.1 Å². The van der Waals surface area contributed by atoms with Crippen molar-refractivity contribution >= 4 is 5.69 Å². The van der Waals surface area contributed by atoms with E-state index in [0.29, 0.717) is 0 Å². The topological polar surface area (TPSA) is 29.3 Å². The third-order valence-electron chi connectivity index (χ3n) is 6.18. The highest BCUT2D eigenvalue weighted by molar-refractivity contribution is 5.58. The van der Waals surface area contributed by atoms with Gasteiger partial charge in [-0.1, -0.05) is 25.1 Å². The van der Waals surface area contributed by atoms with Crippen LogP contribution in [-0.4, -0.2) is 18.6 Å². The van der Waals surface area contributed by atoms with Crippen molar-refractivity contribution in [3.8, 4) is 0 Å². The molecule has 3 aliphatic rings. The first-order valence-corrected chi connectivity index (χ1v) is 8.28. The minimum atomic E-state index is 0.258. The van der Waals surface area contributed by atoms with Crippen LogP contribution < -0.4 is 10.6 Å². The minimum Gasteiger partial charge on any atom is -0.364 e. The summed E-state index contributed by atoms with van der Waals surface area (Å²) in [5.74, 6) is 2.51. The molecule has 0 aromatic heterocycles. The number of anilines is 1. The van der Waals surface area contributed by atoms with Gasteiger partial charge in [0.05, 0.1) is 5.54 Å². The average molecular weight is 270 g/mol. The number of hydrogen-bond acceptors (Lipinski definition) is 2. The fourth-order valence-corrected chi connectivity index (χ4v) is 5.32. The van der Waals surface area contributed by atoms with Crippen LogP contribution in [0, 0.1) is 17.8 Å². The van der Waals surface area contributed by atoms with E-state index in [0.717, 1.165) is 24.3 Å². The number of para-hydroxylation sites is 1. The molecule has 4 rings (SSSR count). The van der Waals surface area contributed by atoms with Gasteiger partial charge in [-0.2, -0.15) is 0 Å². The van der Waals surface area contributed by atoms with Crippen molar-refractivity contribution < 1.29 is 0 Å². The molecule has 2 saturated carbocycles. The molecular weight excluding hydrogens is 244 g/mol. The van der Waals surface area contributed by atoms with E-state index in [1.54, 1.807) is 0 Å². The van der Waals surface area contributed by atoms with Crippen molar-refractivity contribution in [2.45, 2.75) is 44.6 Å². The summed E-state index contributed by atoms with van der Waals surface area (Å²) >= 11 is 0. The maximum atomic E-state index is 6.35. The Bertz CT molecular complexity index is 512. The third-order valence-corrected chi connectivity index (χ3v) is 6.18. The first-order valence-electron chi connectivity index (χ1n) is 8.28.